The molecule has 0 bridgehead atoms. The van der Waals surface area contributed by atoms with Crippen LogP contribution in [0.5, 0.6) is 0 Å². The summed E-state index contributed by atoms with van der Waals surface area (Å²) in [5.41, 5.74) is 2.49. The summed E-state index contributed by atoms with van der Waals surface area (Å²) in [6, 6.07) is 10.1. The molecule has 1 heterocycles. The molecule has 3 atom stereocenters. The fourth-order valence-corrected chi connectivity index (χ4v) is 4.80. The molecule has 2 aromatic rings. The lowest BCUT2D eigenvalue weighted by molar-refractivity contribution is -0.156. The molecule has 1 aliphatic carbocycles. The molecule has 0 N–H and O–H groups in total. The molecule has 8 heteroatoms. The van der Waals surface area contributed by atoms with E-state index in [1.807, 2.05) is 19.9 Å². The number of fused-ring (bicyclic) bond motifs is 1. The van der Waals surface area contributed by atoms with Gasteiger partial charge in [-0.05, 0) is 51.8 Å². The summed E-state index contributed by atoms with van der Waals surface area (Å²) in [5.74, 6) is -3.13. The van der Waals surface area contributed by atoms with E-state index in [4.69, 9.17) is 23.2 Å². The zero-order chi connectivity index (χ0) is 24.7. The standard InChI is InChI=1S/C26H24Cl2N2O4/c1-14-4-7-17(8-5-14)23(31)16(3)29(24(32)18-9-11-21(27)22(28)13-18)30-25(33)19-10-6-15(2)12-20(19)26(30)34/h4-9,11,13,16,19-20H,10,12H2,1-3H3/t16-,19+,20+/m1/s1. The van der Waals surface area contributed by atoms with Crippen molar-refractivity contribution in [2.75, 3.05) is 0 Å². The number of amides is 3. The predicted octanol–water partition coefficient (Wildman–Crippen LogP) is 5.27. The van der Waals surface area contributed by atoms with Crippen LogP contribution in [0.4, 0.5) is 0 Å². The molecule has 3 amide bonds. The van der Waals surface area contributed by atoms with Crippen molar-refractivity contribution >= 4 is 46.7 Å². The van der Waals surface area contributed by atoms with E-state index in [-0.39, 0.29) is 15.6 Å². The largest absolute Gasteiger partial charge is 0.292 e. The molecule has 0 saturated carbocycles. The van der Waals surface area contributed by atoms with Crippen LogP contribution in [-0.2, 0) is 9.59 Å². The Hall–Kier alpha value is -2.96. The zero-order valence-corrected chi connectivity index (χ0v) is 20.6. The van der Waals surface area contributed by atoms with Gasteiger partial charge in [0.25, 0.3) is 17.7 Å². The zero-order valence-electron chi connectivity index (χ0n) is 19.0. The van der Waals surface area contributed by atoms with E-state index in [9.17, 15) is 19.2 Å². The van der Waals surface area contributed by atoms with E-state index in [1.54, 1.807) is 24.3 Å². The minimum Gasteiger partial charge on any atom is -0.292 e. The second-order valence-corrected chi connectivity index (χ2v) is 9.69. The Kier molecular flexibility index (Phi) is 6.65. The number of ketones is 1. The third-order valence-electron chi connectivity index (χ3n) is 6.47. The maximum Gasteiger partial charge on any atom is 0.273 e. The van der Waals surface area contributed by atoms with E-state index in [0.29, 0.717) is 18.4 Å². The molecule has 1 saturated heterocycles. The highest BCUT2D eigenvalue weighted by Crippen LogP contribution is 2.39. The molecule has 1 aliphatic heterocycles. The summed E-state index contributed by atoms with van der Waals surface area (Å²) in [6.45, 7) is 5.33. The van der Waals surface area contributed by atoms with Crippen LogP contribution in [0.3, 0.4) is 0 Å². The smallest absolute Gasteiger partial charge is 0.273 e. The van der Waals surface area contributed by atoms with Crippen molar-refractivity contribution in [2.45, 2.75) is 39.7 Å². The third-order valence-corrected chi connectivity index (χ3v) is 7.21. The molecule has 0 radical (unpaired) electrons. The number of nitrogens with zero attached hydrogens (tertiary/aromatic N) is 2. The van der Waals surface area contributed by atoms with Crippen molar-refractivity contribution in [1.82, 2.24) is 10.0 Å². The second-order valence-electron chi connectivity index (χ2n) is 8.88. The van der Waals surface area contributed by atoms with Crippen molar-refractivity contribution in [2.24, 2.45) is 11.8 Å². The van der Waals surface area contributed by atoms with Crippen LogP contribution in [0, 0.1) is 18.8 Å². The number of allylic oxidation sites excluding steroid dienone is 2. The fourth-order valence-electron chi connectivity index (χ4n) is 4.50. The number of hydrazine groups is 1. The Morgan fingerprint density at radius 1 is 0.941 bits per heavy atom. The van der Waals surface area contributed by atoms with Gasteiger partial charge >= 0.3 is 0 Å². The van der Waals surface area contributed by atoms with E-state index in [2.05, 4.69) is 0 Å². The van der Waals surface area contributed by atoms with Crippen LogP contribution in [0.1, 0.15) is 53.0 Å². The minimum atomic E-state index is -1.12. The van der Waals surface area contributed by atoms with Crippen molar-refractivity contribution in [3.05, 3.63) is 80.8 Å². The molecule has 34 heavy (non-hydrogen) atoms. The summed E-state index contributed by atoms with van der Waals surface area (Å²) >= 11 is 12.1. The average molecular weight is 499 g/mol. The van der Waals surface area contributed by atoms with E-state index < -0.39 is 41.4 Å². The summed E-state index contributed by atoms with van der Waals surface area (Å²) in [6.07, 6.45) is 2.81. The summed E-state index contributed by atoms with van der Waals surface area (Å²) < 4.78 is 0. The Morgan fingerprint density at radius 2 is 1.56 bits per heavy atom. The van der Waals surface area contributed by atoms with Gasteiger partial charge in [0.15, 0.2) is 5.78 Å². The number of carbonyl (C=O) groups excluding carboxylic acids is 4. The number of hydrogen-bond donors (Lipinski definition) is 0. The highest BCUT2D eigenvalue weighted by molar-refractivity contribution is 6.42. The Morgan fingerprint density at radius 3 is 2.21 bits per heavy atom. The topological polar surface area (TPSA) is 74.8 Å². The van der Waals surface area contributed by atoms with Crippen molar-refractivity contribution in [3.8, 4) is 0 Å². The predicted molar refractivity (Wildman–Crippen MR) is 129 cm³/mol. The van der Waals surface area contributed by atoms with Crippen molar-refractivity contribution in [1.29, 1.82) is 0 Å². The number of imide groups is 1. The summed E-state index contributed by atoms with van der Waals surface area (Å²) in [5, 5.41) is 2.27. The highest BCUT2D eigenvalue weighted by atomic mass is 35.5. The number of aryl methyl sites for hydroxylation is 1. The lowest BCUT2D eigenvalue weighted by Crippen LogP contribution is -2.56. The van der Waals surface area contributed by atoms with Gasteiger partial charge in [0.1, 0.15) is 6.04 Å². The molecule has 0 aromatic heterocycles. The molecule has 2 aromatic carbocycles. The van der Waals surface area contributed by atoms with Gasteiger partial charge in [-0.1, -0.05) is 64.7 Å². The van der Waals surface area contributed by atoms with Gasteiger partial charge in [0.05, 0.1) is 21.9 Å². The first kappa shape index (κ1) is 24.2. The van der Waals surface area contributed by atoms with Gasteiger partial charge in [-0.25, -0.2) is 5.01 Å². The van der Waals surface area contributed by atoms with Crippen LogP contribution in [-0.4, -0.2) is 39.6 Å². The highest BCUT2D eigenvalue weighted by Gasteiger charge is 2.53. The van der Waals surface area contributed by atoms with Gasteiger partial charge in [0, 0.05) is 11.1 Å². The maximum absolute atomic E-state index is 13.7. The molecule has 4 rings (SSSR count). The third kappa shape index (κ3) is 4.28. The first-order valence-electron chi connectivity index (χ1n) is 11.0. The quantitative estimate of drug-likeness (QED) is 0.319. The number of rotatable bonds is 5. The van der Waals surface area contributed by atoms with Crippen LogP contribution in [0.2, 0.25) is 10.0 Å². The summed E-state index contributed by atoms with van der Waals surface area (Å²) in [4.78, 5) is 53.9. The van der Waals surface area contributed by atoms with Crippen LogP contribution in [0.25, 0.3) is 0 Å². The molecule has 0 unspecified atom stereocenters. The van der Waals surface area contributed by atoms with Crippen molar-refractivity contribution < 1.29 is 19.2 Å². The minimum absolute atomic E-state index is 0.114. The van der Waals surface area contributed by atoms with Gasteiger partial charge in [-0.15, -0.1) is 0 Å². The van der Waals surface area contributed by atoms with Gasteiger partial charge < -0.3 is 0 Å². The Balaban J connectivity index is 1.76. The van der Waals surface area contributed by atoms with Crippen molar-refractivity contribution in [3.63, 3.8) is 0 Å². The maximum atomic E-state index is 13.7. The number of hydrogen-bond acceptors (Lipinski definition) is 4. The van der Waals surface area contributed by atoms with Crippen LogP contribution >= 0.6 is 23.2 Å². The number of benzene rings is 2. The van der Waals surface area contributed by atoms with Crippen LogP contribution < -0.4 is 0 Å². The first-order chi connectivity index (χ1) is 16.1. The molecule has 2 aliphatic rings. The molecular formula is C26H24Cl2N2O4. The monoisotopic (exact) mass is 498 g/mol. The van der Waals surface area contributed by atoms with Gasteiger partial charge in [0.2, 0.25) is 0 Å². The fraction of sp³-hybridized carbons (Fsp3) is 0.308. The molecule has 176 valence electrons. The van der Waals surface area contributed by atoms with Gasteiger partial charge in [-0.3, -0.25) is 19.2 Å². The second kappa shape index (κ2) is 9.35. The number of Topliss-reactive ketones (excluding diaryl/α,β-unsaturated/α-hetero) is 1. The molecule has 1 fully saturated rings. The number of carbonyl (C=O) groups is 4. The summed E-state index contributed by atoms with van der Waals surface area (Å²) in [7, 11) is 0. The lowest BCUT2D eigenvalue weighted by atomic mass is 9.82. The molecule has 6 nitrogen and oxygen atoms in total. The van der Waals surface area contributed by atoms with Crippen LogP contribution in [0.15, 0.2) is 54.1 Å². The normalized spacial score (nSPS) is 20.6. The molecule has 0 spiro atoms. The lowest BCUT2D eigenvalue weighted by Gasteiger charge is -2.34. The Labute approximate surface area is 208 Å². The molecular weight excluding hydrogens is 475 g/mol. The van der Waals surface area contributed by atoms with Gasteiger partial charge in [-0.2, -0.15) is 5.01 Å². The van der Waals surface area contributed by atoms with E-state index in [1.165, 1.54) is 25.1 Å². The number of halogens is 2. The van der Waals surface area contributed by atoms with E-state index >= 15 is 0 Å². The Bertz CT molecular complexity index is 1220. The van der Waals surface area contributed by atoms with E-state index in [0.717, 1.165) is 21.2 Å². The first-order valence-corrected chi connectivity index (χ1v) is 11.8. The average Bonchev–Trinajstić information content (AvgIpc) is 3.05. The SMILES string of the molecule is CC1=CC[C@@H]2C(=O)N(N(C(=O)c3ccc(Cl)c(Cl)c3)[C@H](C)C(=O)c3ccc(C)cc3)C(=O)[C@H]2C1.